The summed E-state index contributed by atoms with van der Waals surface area (Å²) < 4.78 is 22.2. The van der Waals surface area contributed by atoms with Gasteiger partial charge in [0.1, 0.15) is 24.7 Å². The van der Waals surface area contributed by atoms with E-state index in [0.29, 0.717) is 19.0 Å². The van der Waals surface area contributed by atoms with E-state index in [4.69, 9.17) is 18.9 Å². The number of benzene rings is 4. The first-order valence-electron chi connectivity index (χ1n) is 15.5. The van der Waals surface area contributed by atoms with E-state index in [-0.39, 0.29) is 25.1 Å². The molecule has 0 spiro atoms. The standard InChI is InChI=1S/C38H42O6/c1-3-29(2)38(40)44-26-9-5-4-8-25-41-34-20-15-30(16-21-34)31-17-22-35(23-18-31)42-27-28-43-37(39)24-19-33-13-10-12-32-11-6-7-14-36(32)33/h6-7,10-24,29H,3-5,8-9,25-28H2,1-2H3/b24-19+. The Morgan fingerprint density at radius 1 is 0.659 bits per heavy atom. The lowest BCUT2D eigenvalue weighted by atomic mass is 10.0. The zero-order chi connectivity index (χ0) is 31.0. The molecule has 230 valence electrons. The van der Waals surface area contributed by atoms with E-state index in [9.17, 15) is 9.59 Å². The normalized spacial score (nSPS) is 11.8. The van der Waals surface area contributed by atoms with Crippen molar-refractivity contribution in [2.24, 2.45) is 5.92 Å². The third-order valence-corrected chi connectivity index (χ3v) is 7.43. The maximum Gasteiger partial charge on any atom is 0.330 e. The second-order valence-electron chi connectivity index (χ2n) is 10.7. The molecule has 4 rings (SSSR count). The molecule has 1 atom stereocenters. The average Bonchev–Trinajstić information content (AvgIpc) is 3.07. The summed E-state index contributed by atoms with van der Waals surface area (Å²) in [6, 6.07) is 29.9. The van der Waals surface area contributed by atoms with Crippen molar-refractivity contribution in [1.82, 2.24) is 0 Å². The molecule has 44 heavy (non-hydrogen) atoms. The molecule has 0 N–H and O–H groups in total. The number of hydrogen-bond acceptors (Lipinski definition) is 6. The van der Waals surface area contributed by atoms with E-state index < -0.39 is 5.97 Å². The summed E-state index contributed by atoms with van der Waals surface area (Å²) in [5, 5.41) is 2.22. The van der Waals surface area contributed by atoms with E-state index in [0.717, 1.165) is 65.3 Å². The molecule has 4 aromatic rings. The molecule has 0 fully saturated rings. The Hall–Kier alpha value is -4.58. The van der Waals surface area contributed by atoms with E-state index in [2.05, 4.69) is 0 Å². The quantitative estimate of drug-likeness (QED) is 0.0692. The topological polar surface area (TPSA) is 71.1 Å². The minimum Gasteiger partial charge on any atom is -0.494 e. The van der Waals surface area contributed by atoms with Crippen LogP contribution in [0.2, 0.25) is 0 Å². The van der Waals surface area contributed by atoms with Gasteiger partial charge in [-0.1, -0.05) is 80.6 Å². The van der Waals surface area contributed by atoms with E-state index in [1.807, 2.05) is 105 Å². The zero-order valence-electron chi connectivity index (χ0n) is 25.7. The molecular weight excluding hydrogens is 552 g/mol. The number of ether oxygens (including phenoxy) is 4. The first-order valence-corrected chi connectivity index (χ1v) is 15.5. The van der Waals surface area contributed by atoms with Crippen LogP contribution in [0.3, 0.4) is 0 Å². The van der Waals surface area contributed by atoms with Gasteiger partial charge in [0.2, 0.25) is 0 Å². The summed E-state index contributed by atoms with van der Waals surface area (Å²) >= 11 is 0. The molecule has 1 unspecified atom stereocenters. The zero-order valence-corrected chi connectivity index (χ0v) is 25.7. The van der Waals surface area contributed by atoms with Crippen molar-refractivity contribution in [1.29, 1.82) is 0 Å². The summed E-state index contributed by atoms with van der Waals surface area (Å²) in [4.78, 5) is 23.8. The molecule has 6 nitrogen and oxygen atoms in total. The van der Waals surface area contributed by atoms with Gasteiger partial charge < -0.3 is 18.9 Å². The Morgan fingerprint density at radius 3 is 1.95 bits per heavy atom. The van der Waals surface area contributed by atoms with Gasteiger partial charge in [0.05, 0.1) is 19.1 Å². The van der Waals surface area contributed by atoms with Crippen molar-refractivity contribution < 1.29 is 28.5 Å². The maximum atomic E-state index is 12.2. The van der Waals surface area contributed by atoms with Gasteiger partial charge in [-0.25, -0.2) is 4.79 Å². The van der Waals surface area contributed by atoms with Crippen molar-refractivity contribution in [2.45, 2.75) is 46.0 Å². The smallest absolute Gasteiger partial charge is 0.330 e. The second-order valence-corrected chi connectivity index (χ2v) is 10.7. The second kappa shape index (κ2) is 17.5. The van der Waals surface area contributed by atoms with Gasteiger partial charge in [-0.2, -0.15) is 0 Å². The predicted molar refractivity (Wildman–Crippen MR) is 176 cm³/mol. The van der Waals surface area contributed by atoms with Crippen LogP contribution < -0.4 is 9.47 Å². The minimum atomic E-state index is -0.402. The van der Waals surface area contributed by atoms with Crippen LogP contribution in [0.25, 0.3) is 28.0 Å². The van der Waals surface area contributed by atoms with E-state index >= 15 is 0 Å². The SMILES string of the molecule is CCC(C)C(=O)OCCCCCCOc1ccc(-c2ccc(OCCOC(=O)/C=C/c3cccc4ccccc34)cc2)cc1. The summed E-state index contributed by atoms with van der Waals surface area (Å²) in [7, 11) is 0. The molecule has 0 radical (unpaired) electrons. The van der Waals surface area contributed by atoms with Crippen LogP contribution in [0.15, 0.2) is 97.1 Å². The van der Waals surface area contributed by atoms with Crippen molar-refractivity contribution in [3.8, 4) is 22.6 Å². The summed E-state index contributed by atoms with van der Waals surface area (Å²) in [6.07, 6.45) is 7.95. The maximum absolute atomic E-state index is 12.2. The van der Waals surface area contributed by atoms with Crippen LogP contribution in [0.5, 0.6) is 11.5 Å². The van der Waals surface area contributed by atoms with Crippen molar-refractivity contribution in [3.05, 3.63) is 103 Å². The van der Waals surface area contributed by atoms with Gasteiger partial charge in [0, 0.05) is 6.08 Å². The van der Waals surface area contributed by atoms with E-state index in [1.54, 1.807) is 6.08 Å². The van der Waals surface area contributed by atoms with Crippen LogP contribution in [0.1, 0.15) is 51.5 Å². The number of unbranched alkanes of at least 4 members (excludes halogenated alkanes) is 3. The average molecular weight is 595 g/mol. The van der Waals surface area contributed by atoms with E-state index in [1.165, 1.54) is 6.08 Å². The van der Waals surface area contributed by atoms with Gasteiger partial charge in [-0.3, -0.25) is 4.79 Å². The largest absolute Gasteiger partial charge is 0.494 e. The molecular formula is C38H42O6. The first kappa shape index (κ1) is 32.3. The fourth-order valence-corrected chi connectivity index (χ4v) is 4.62. The lowest BCUT2D eigenvalue weighted by Gasteiger charge is -2.10. The number of esters is 2. The minimum absolute atomic E-state index is 0.0192. The molecule has 0 saturated carbocycles. The molecule has 0 aromatic heterocycles. The number of carbonyl (C=O) groups excluding carboxylic acids is 2. The first-order chi connectivity index (χ1) is 21.5. The van der Waals surface area contributed by atoms with Crippen LogP contribution in [0, 0.1) is 5.92 Å². The Kier molecular flexibility index (Phi) is 12.9. The summed E-state index contributed by atoms with van der Waals surface area (Å²) in [5.41, 5.74) is 3.13. The van der Waals surface area contributed by atoms with Gasteiger partial charge in [0.15, 0.2) is 0 Å². The van der Waals surface area contributed by atoms with Crippen LogP contribution >= 0.6 is 0 Å². The highest BCUT2D eigenvalue weighted by molar-refractivity contribution is 5.94. The van der Waals surface area contributed by atoms with Gasteiger partial charge in [0.25, 0.3) is 0 Å². The fraction of sp³-hybridized carbons (Fsp3) is 0.316. The molecule has 0 aliphatic carbocycles. The lowest BCUT2D eigenvalue weighted by molar-refractivity contribution is -0.148. The molecule has 4 aromatic carbocycles. The van der Waals surface area contributed by atoms with Crippen LogP contribution in [-0.4, -0.2) is 38.4 Å². The summed E-state index contributed by atoms with van der Waals surface area (Å²) in [5.74, 6) is 1.04. The highest BCUT2D eigenvalue weighted by Crippen LogP contribution is 2.25. The number of rotatable bonds is 17. The molecule has 0 saturated heterocycles. The highest BCUT2D eigenvalue weighted by atomic mass is 16.6. The van der Waals surface area contributed by atoms with Gasteiger partial charge >= 0.3 is 11.9 Å². The molecule has 0 heterocycles. The number of fused-ring (bicyclic) bond motifs is 1. The number of carbonyl (C=O) groups is 2. The monoisotopic (exact) mass is 594 g/mol. The Balaban J connectivity index is 1.10. The highest BCUT2D eigenvalue weighted by Gasteiger charge is 2.11. The molecule has 0 aliphatic rings. The Labute approximate surface area is 260 Å². The van der Waals surface area contributed by atoms with Crippen LogP contribution in [0.4, 0.5) is 0 Å². The predicted octanol–water partition coefficient (Wildman–Crippen LogP) is 8.67. The van der Waals surface area contributed by atoms with Gasteiger partial charge in [-0.05, 0) is 89.9 Å². The van der Waals surface area contributed by atoms with Crippen molar-refractivity contribution in [2.75, 3.05) is 26.4 Å². The van der Waals surface area contributed by atoms with Crippen LogP contribution in [-0.2, 0) is 19.1 Å². The van der Waals surface area contributed by atoms with Crippen molar-refractivity contribution >= 4 is 28.8 Å². The molecule has 6 heteroatoms. The number of hydrogen-bond donors (Lipinski definition) is 0. The third kappa shape index (κ3) is 10.3. The third-order valence-electron chi connectivity index (χ3n) is 7.43. The van der Waals surface area contributed by atoms with Gasteiger partial charge in [-0.15, -0.1) is 0 Å². The fourth-order valence-electron chi connectivity index (χ4n) is 4.62. The molecule has 0 bridgehead atoms. The molecule has 0 aliphatic heterocycles. The summed E-state index contributed by atoms with van der Waals surface area (Å²) in [6.45, 7) is 5.48. The van der Waals surface area contributed by atoms with Crippen molar-refractivity contribution in [3.63, 3.8) is 0 Å². The Morgan fingerprint density at radius 2 is 1.27 bits per heavy atom. The molecule has 0 amide bonds. The lowest BCUT2D eigenvalue weighted by Crippen LogP contribution is -2.14. The Bertz CT molecular complexity index is 1490.